The first kappa shape index (κ1) is 28.2. The van der Waals surface area contributed by atoms with E-state index in [4.69, 9.17) is 0 Å². The average molecular weight is 386 g/mol. The molecule has 2 heteroatoms. The van der Waals surface area contributed by atoms with E-state index in [9.17, 15) is 0 Å². The van der Waals surface area contributed by atoms with Crippen molar-refractivity contribution in [3.05, 3.63) is 18.4 Å². The minimum atomic E-state index is 0. The van der Waals surface area contributed by atoms with Gasteiger partial charge in [0, 0.05) is 36.0 Å². The molecule has 1 aliphatic rings. The van der Waals surface area contributed by atoms with Crippen molar-refractivity contribution in [1.29, 1.82) is 0 Å². The van der Waals surface area contributed by atoms with Gasteiger partial charge in [0.25, 0.3) is 0 Å². The van der Waals surface area contributed by atoms with Crippen molar-refractivity contribution in [2.24, 2.45) is 10.9 Å². The molecule has 4 radical (unpaired) electrons. The molecule has 20 heavy (non-hydrogen) atoms. The largest absolute Gasteiger partial charge is 0.215 e. The van der Waals surface area contributed by atoms with Gasteiger partial charge in [-0.25, -0.2) is 4.99 Å². The zero-order valence-corrected chi connectivity index (χ0v) is 17.9. The Morgan fingerprint density at radius 2 is 1.15 bits per heavy atom. The fourth-order valence-electron chi connectivity index (χ4n) is 0.438. The average Bonchev–Trinajstić information content (AvgIpc) is 2.48. The Labute approximate surface area is 146 Å². The summed E-state index contributed by atoms with van der Waals surface area (Å²) in [6, 6.07) is 0. The van der Waals surface area contributed by atoms with Gasteiger partial charge < -0.3 is 0 Å². The van der Waals surface area contributed by atoms with Gasteiger partial charge in [-0.1, -0.05) is 93.1 Å². The summed E-state index contributed by atoms with van der Waals surface area (Å²) in [5, 5.41) is 0. The molecular weight excluding hydrogens is 349 g/mol. The van der Waals surface area contributed by atoms with Gasteiger partial charge in [-0.3, -0.25) is 0 Å². The van der Waals surface area contributed by atoms with Gasteiger partial charge in [0.1, 0.15) is 0 Å². The first-order valence-electron chi connectivity index (χ1n) is 8.09. The van der Waals surface area contributed by atoms with Crippen LogP contribution in [0.25, 0.3) is 0 Å². The van der Waals surface area contributed by atoms with Gasteiger partial charge in [-0.05, 0) is 11.9 Å². The second-order valence-electron chi connectivity index (χ2n) is 4.63. The van der Waals surface area contributed by atoms with Gasteiger partial charge in [-0.2, -0.15) is 0 Å². The fourth-order valence-corrected chi connectivity index (χ4v) is 0.438. The first-order chi connectivity index (χ1) is 9.14. The Morgan fingerprint density at radius 3 is 1.25 bits per heavy atom. The van der Waals surface area contributed by atoms with Crippen LogP contribution >= 0.6 is 0 Å². The summed E-state index contributed by atoms with van der Waals surface area (Å²) in [5.74, 6) is 3.27. The molecule has 118 valence electrons. The molecular formula is C18H37NSn. The van der Waals surface area contributed by atoms with Crippen molar-refractivity contribution < 1.29 is 0 Å². The fraction of sp³-hybridized carbons (Fsp3) is 0.778. The van der Waals surface area contributed by atoms with Gasteiger partial charge in [-0.15, -0.1) is 0 Å². The second kappa shape index (κ2) is 31.4. The predicted molar refractivity (Wildman–Crippen MR) is 97.8 cm³/mol. The van der Waals surface area contributed by atoms with E-state index in [2.05, 4.69) is 59.3 Å². The molecule has 0 N–H and O–H groups in total. The van der Waals surface area contributed by atoms with E-state index >= 15 is 0 Å². The zero-order chi connectivity index (χ0) is 15.4. The first-order valence-corrected chi connectivity index (χ1v) is 8.09. The number of rotatable bonds is 3. The van der Waals surface area contributed by atoms with Gasteiger partial charge in [0.05, 0.1) is 0 Å². The van der Waals surface area contributed by atoms with Gasteiger partial charge in [0.2, 0.25) is 0 Å². The summed E-state index contributed by atoms with van der Waals surface area (Å²) >= 11 is 0. The topological polar surface area (TPSA) is 12.4 Å². The molecule has 0 saturated carbocycles. The van der Waals surface area contributed by atoms with Crippen LogP contribution in [0.3, 0.4) is 0 Å². The maximum Gasteiger partial charge on any atom is 0.0334 e. The number of hydrogen-bond acceptors (Lipinski definition) is 1. The van der Waals surface area contributed by atoms with Gasteiger partial charge >= 0.3 is 0 Å². The maximum atomic E-state index is 3.74. The Hall–Kier alpha value is -0.0113. The summed E-state index contributed by atoms with van der Waals surface area (Å²) in [6.07, 6.45) is 13.6. The number of hydrogen-bond donors (Lipinski definition) is 0. The summed E-state index contributed by atoms with van der Waals surface area (Å²) in [6.45, 7) is 15.2. The van der Waals surface area contributed by atoms with Crippen LogP contribution in [-0.2, 0) is 0 Å². The molecule has 1 atom stereocenters. The molecule has 0 aliphatic carbocycles. The molecule has 0 fully saturated rings. The van der Waals surface area contributed by atoms with Crippen molar-refractivity contribution in [2.75, 3.05) is 0 Å². The van der Waals surface area contributed by atoms with Crippen molar-refractivity contribution in [1.82, 2.24) is 0 Å². The molecule has 0 aromatic rings. The summed E-state index contributed by atoms with van der Waals surface area (Å²) in [7, 11) is 0. The second-order valence-corrected chi connectivity index (χ2v) is 4.63. The third-order valence-electron chi connectivity index (χ3n) is 2.38. The molecule has 0 aromatic heterocycles. The van der Waals surface area contributed by atoms with Crippen LogP contribution in [-0.4, -0.2) is 29.8 Å². The Morgan fingerprint density at radius 1 is 0.800 bits per heavy atom. The van der Waals surface area contributed by atoms with Crippen LogP contribution in [0.2, 0.25) is 0 Å². The quantitative estimate of drug-likeness (QED) is 0.497. The summed E-state index contributed by atoms with van der Waals surface area (Å²) < 4.78 is 0. The number of aliphatic imine (C=N–C) groups is 1. The summed E-state index contributed by atoms with van der Waals surface area (Å²) in [4.78, 5) is 3.74. The number of unbranched alkanes of at least 4 members (excludes halogenated alkanes) is 3. The zero-order valence-electron chi connectivity index (χ0n) is 15.0. The standard InChI is InChI=1S/C6H7N.3C4H10.Sn/c1-6-2-4-7-5-3-6;3*1-3-4-2;/h2-4,6H,1H3;3*3-4H2,1-2H3;. The Kier molecular flexibility index (Phi) is 44.3. The SMILES string of the molecule is CC1C=C=NC=C1.CCCC.CCCC.CCCC.[Sn]. The molecule has 1 rings (SSSR count). The molecule has 1 heterocycles. The van der Waals surface area contributed by atoms with E-state index < -0.39 is 0 Å². The van der Waals surface area contributed by atoms with Crippen LogP contribution in [0, 0.1) is 5.92 Å². The smallest absolute Gasteiger partial charge is 0.0334 e. The minimum absolute atomic E-state index is 0. The predicted octanol–water partition coefficient (Wildman–Crippen LogP) is 6.41. The number of allylic oxidation sites excluding steroid dienone is 2. The molecule has 0 spiro atoms. The number of nitrogens with zero attached hydrogens (tertiary/aromatic N) is 1. The maximum absolute atomic E-state index is 3.74. The van der Waals surface area contributed by atoms with Crippen molar-refractivity contribution in [3.63, 3.8) is 0 Å². The van der Waals surface area contributed by atoms with Crippen LogP contribution in [0.1, 0.15) is 87.0 Å². The van der Waals surface area contributed by atoms with E-state index in [1.165, 1.54) is 38.5 Å². The molecule has 0 saturated heterocycles. The normalized spacial score (nSPS) is 13.7. The minimum Gasteiger partial charge on any atom is -0.215 e. The van der Waals surface area contributed by atoms with E-state index in [-0.39, 0.29) is 23.9 Å². The van der Waals surface area contributed by atoms with E-state index in [1.54, 1.807) is 6.20 Å². The van der Waals surface area contributed by atoms with E-state index in [0.717, 1.165) is 0 Å². The van der Waals surface area contributed by atoms with Crippen LogP contribution < -0.4 is 0 Å². The third kappa shape index (κ3) is 43.0. The summed E-state index contributed by atoms with van der Waals surface area (Å²) in [5.41, 5.74) is 0. The van der Waals surface area contributed by atoms with Crippen LogP contribution in [0.4, 0.5) is 0 Å². The van der Waals surface area contributed by atoms with Crippen LogP contribution in [0.5, 0.6) is 0 Å². The third-order valence-corrected chi connectivity index (χ3v) is 2.38. The molecule has 0 bridgehead atoms. The molecule has 1 nitrogen and oxygen atoms in total. The Bertz CT molecular complexity index is 200. The monoisotopic (exact) mass is 387 g/mol. The Balaban J connectivity index is -0.0000000881. The van der Waals surface area contributed by atoms with Crippen molar-refractivity contribution in [2.45, 2.75) is 87.0 Å². The van der Waals surface area contributed by atoms with Crippen molar-refractivity contribution >= 4 is 29.8 Å². The molecule has 1 unspecified atom stereocenters. The molecule has 0 aromatic carbocycles. The molecule has 1 aliphatic heterocycles. The molecule has 0 amide bonds. The van der Waals surface area contributed by atoms with Crippen molar-refractivity contribution in [3.8, 4) is 0 Å². The van der Waals surface area contributed by atoms with Gasteiger partial charge in [0.15, 0.2) is 0 Å². The van der Waals surface area contributed by atoms with E-state index in [0.29, 0.717) is 5.92 Å². The van der Waals surface area contributed by atoms with E-state index in [1.807, 2.05) is 12.2 Å². The van der Waals surface area contributed by atoms with Crippen LogP contribution in [0.15, 0.2) is 23.3 Å².